The highest BCUT2D eigenvalue weighted by Gasteiger charge is 2.78. The summed E-state index contributed by atoms with van der Waals surface area (Å²) in [5, 5.41) is 0. The predicted octanol–water partition coefficient (Wildman–Crippen LogP) is 5.08. The fourth-order valence-electron chi connectivity index (χ4n) is 9.48. The van der Waals surface area contributed by atoms with Gasteiger partial charge in [-0.15, -0.1) is 0 Å². The van der Waals surface area contributed by atoms with Crippen LogP contribution in [-0.2, 0) is 19.1 Å². The topological polar surface area (TPSA) is 52.6 Å². The Kier molecular flexibility index (Phi) is 4.72. The van der Waals surface area contributed by atoms with Crippen molar-refractivity contribution in [2.45, 2.75) is 70.8 Å². The standard InChI is InChI=1S/C26H36O4/c1-5-21(27)30-25(6-2,14-29-24(28)15(3)4)26-13-19(18-8-7-9-20(18)26)22-16-10-11-17(12-16)23(22)26/h5,16-20,22-23H,1,3,6-14H2,2,4H3. The molecule has 5 rings (SSSR count). The van der Waals surface area contributed by atoms with Crippen molar-refractivity contribution in [3.8, 4) is 0 Å². The average molecular weight is 413 g/mol. The molecule has 0 saturated heterocycles. The zero-order chi connectivity index (χ0) is 21.3. The van der Waals surface area contributed by atoms with Crippen LogP contribution in [0.1, 0.15) is 65.2 Å². The molecule has 0 aliphatic heterocycles. The van der Waals surface area contributed by atoms with Crippen LogP contribution in [-0.4, -0.2) is 24.1 Å². The lowest BCUT2D eigenvalue weighted by Crippen LogP contribution is -2.61. The highest BCUT2D eigenvalue weighted by molar-refractivity contribution is 5.87. The molecule has 0 N–H and O–H groups in total. The third kappa shape index (κ3) is 2.45. The van der Waals surface area contributed by atoms with Gasteiger partial charge in [0, 0.05) is 17.1 Å². The maximum atomic E-state index is 12.6. The Morgan fingerprint density at radius 1 is 1.17 bits per heavy atom. The van der Waals surface area contributed by atoms with E-state index in [2.05, 4.69) is 20.1 Å². The van der Waals surface area contributed by atoms with Crippen LogP contribution in [0.4, 0.5) is 0 Å². The van der Waals surface area contributed by atoms with Crippen molar-refractivity contribution >= 4 is 11.9 Å². The van der Waals surface area contributed by atoms with Gasteiger partial charge in [-0.2, -0.15) is 0 Å². The molecule has 5 aliphatic rings. The first-order chi connectivity index (χ1) is 14.4. The Hall–Kier alpha value is -1.58. The normalized spacial score (nSPS) is 44.3. The number of hydrogen-bond donors (Lipinski definition) is 0. The molecule has 9 unspecified atom stereocenters. The van der Waals surface area contributed by atoms with Gasteiger partial charge in [0.1, 0.15) is 6.61 Å². The number of carbonyl (C=O) groups excluding carboxylic acids is 2. The summed E-state index contributed by atoms with van der Waals surface area (Å²) in [5.74, 6) is 4.34. The fraction of sp³-hybridized carbons (Fsp3) is 0.769. The molecule has 5 fully saturated rings. The number of rotatable bonds is 7. The van der Waals surface area contributed by atoms with Gasteiger partial charge >= 0.3 is 11.9 Å². The Morgan fingerprint density at radius 3 is 2.63 bits per heavy atom. The van der Waals surface area contributed by atoms with Crippen LogP contribution in [0.15, 0.2) is 24.8 Å². The minimum Gasteiger partial charge on any atom is -0.458 e. The number of fused-ring (bicyclic) bond motifs is 12. The van der Waals surface area contributed by atoms with Gasteiger partial charge < -0.3 is 9.47 Å². The highest BCUT2D eigenvalue weighted by Crippen LogP contribution is 2.80. The summed E-state index contributed by atoms with van der Waals surface area (Å²) in [4.78, 5) is 25.0. The molecule has 5 saturated carbocycles. The Bertz CT molecular complexity index is 786. The van der Waals surface area contributed by atoms with E-state index < -0.39 is 5.60 Å². The second-order valence-electron chi connectivity index (χ2n) is 10.9. The van der Waals surface area contributed by atoms with Gasteiger partial charge in [-0.3, -0.25) is 0 Å². The maximum absolute atomic E-state index is 12.6. The molecule has 0 aromatic carbocycles. The zero-order valence-electron chi connectivity index (χ0n) is 18.5. The monoisotopic (exact) mass is 412 g/mol. The maximum Gasteiger partial charge on any atom is 0.333 e. The minimum atomic E-state index is -0.769. The summed E-state index contributed by atoms with van der Waals surface area (Å²) in [5.41, 5.74) is -0.443. The molecular weight excluding hydrogens is 376 g/mol. The Morgan fingerprint density at radius 2 is 1.93 bits per heavy atom. The van der Waals surface area contributed by atoms with E-state index in [9.17, 15) is 9.59 Å². The summed E-state index contributed by atoms with van der Waals surface area (Å²) in [7, 11) is 0. The van der Waals surface area contributed by atoms with E-state index in [1.165, 1.54) is 44.6 Å². The third-order valence-corrected chi connectivity index (χ3v) is 10.1. The van der Waals surface area contributed by atoms with Crippen molar-refractivity contribution in [1.29, 1.82) is 0 Å². The van der Waals surface area contributed by atoms with Gasteiger partial charge in [-0.25, -0.2) is 9.59 Å². The van der Waals surface area contributed by atoms with Gasteiger partial charge in [0.2, 0.25) is 0 Å². The van der Waals surface area contributed by atoms with Crippen molar-refractivity contribution in [2.24, 2.45) is 46.8 Å². The molecule has 0 aromatic rings. The van der Waals surface area contributed by atoms with Crippen LogP contribution in [0.3, 0.4) is 0 Å². The van der Waals surface area contributed by atoms with E-state index in [0.29, 0.717) is 23.8 Å². The molecule has 0 radical (unpaired) electrons. The highest BCUT2D eigenvalue weighted by atomic mass is 16.6. The lowest BCUT2D eigenvalue weighted by molar-refractivity contribution is -0.213. The largest absolute Gasteiger partial charge is 0.458 e. The second kappa shape index (κ2) is 6.97. The van der Waals surface area contributed by atoms with E-state index in [1.54, 1.807) is 6.92 Å². The van der Waals surface area contributed by atoms with Gasteiger partial charge in [0.15, 0.2) is 5.60 Å². The number of hydrogen-bond acceptors (Lipinski definition) is 4. The molecule has 4 nitrogen and oxygen atoms in total. The smallest absolute Gasteiger partial charge is 0.333 e. The summed E-state index contributed by atoms with van der Waals surface area (Å²) in [6, 6.07) is 0. The number of carbonyl (C=O) groups is 2. The molecule has 5 aliphatic carbocycles. The predicted molar refractivity (Wildman–Crippen MR) is 114 cm³/mol. The molecule has 4 heteroatoms. The first-order valence-corrected chi connectivity index (χ1v) is 12.1. The lowest BCUT2D eigenvalue weighted by Gasteiger charge is -2.56. The third-order valence-electron chi connectivity index (χ3n) is 10.1. The minimum absolute atomic E-state index is 0.0634. The Balaban J connectivity index is 1.60. The van der Waals surface area contributed by atoms with Crippen molar-refractivity contribution in [3.63, 3.8) is 0 Å². The first-order valence-electron chi connectivity index (χ1n) is 12.1. The van der Waals surface area contributed by atoms with Crippen LogP contribution in [0.25, 0.3) is 0 Å². The quantitative estimate of drug-likeness (QED) is 0.332. The van der Waals surface area contributed by atoms with Crippen LogP contribution in [0, 0.1) is 46.8 Å². The summed E-state index contributed by atoms with van der Waals surface area (Å²) in [6.45, 7) is 11.3. The van der Waals surface area contributed by atoms with Crippen LogP contribution >= 0.6 is 0 Å². The summed E-state index contributed by atoms with van der Waals surface area (Å²) < 4.78 is 12.1. The summed E-state index contributed by atoms with van der Waals surface area (Å²) >= 11 is 0. The molecular formula is C26H36O4. The Labute approximate surface area is 180 Å². The lowest BCUT2D eigenvalue weighted by atomic mass is 9.51. The number of ether oxygens (including phenoxy) is 2. The number of esters is 2. The van der Waals surface area contributed by atoms with E-state index in [-0.39, 0.29) is 24.0 Å². The second-order valence-corrected chi connectivity index (χ2v) is 10.9. The van der Waals surface area contributed by atoms with E-state index in [4.69, 9.17) is 9.47 Å². The molecule has 164 valence electrons. The molecule has 9 atom stereocenters. The fourth-order valence-corrected chi connectivity index (χ4v) is 9.48. The zero-order valence-corrected chi connectivity index (χ0v) is 18.5. The molecule has 4 bridgehead atoms. The molecule has 30 heavy (non-hydrogen) atoms. The van der Waals surface area contributed by atoms with E-state index in [0.717, 1.165) is 36.0 Å². The molecule has 0 spiro atoms. The van der Waals surface area contributed by atoms with E-state index >= 15 is 0 Å². The van der Waals surface area contributed by atoms with Crippen molar-refractivity contribution in [1.82, 2.24) is 0 Å². The van der Waals surface area contributed by atoms with Gasteiger partial charge in [-0.05, 0) is 93.3 Å². The van der Waals surface area contributed by atoms with Crippen LogP contribution < -0.4 is 0 Å². The van der Waals surface area contributed by atoms with Gasteiger partial charge in [0.25, 0.3) is 0 Å². The van der Waals surface area contributed by atoms with Crippen molar-refractivity contribution < 1.29 is 19.1 Å². The molecule has 0 heterocycles. The molecule has 0 amide bonds. The average Bonchev–Trinajstić information content (AvgIpc) is 3.52. The van der Waals surface area contributed by atoms with Crippen LogP contribution in [0.5, 0.6) is 0 Å². The van der Waals surface area contributed by atoms with E-state index in [1.807, 2.05) is 0 Å². The SMILES string of the molecule is C=CC(=O)OC(CC)(COC(=O)C(=C)C)C12CC(C3CCCC31)C1C3CCC(C3)C12. The van der Waals surface area contributed by atoms with Gasteiger partial charge in [0.05, 0.1) is 0 Å². The van der Waals surface area contributed by atoms with Crippen LogP contribution in [0.2, 0.25) is 0 Å². The summed E-state index contributed by atoms with van der Waals surface area (Å²) in [6.07, 6.45) is 11.0. The molecule has 0 aromatic heterocycles. The van der Waals surface area contributed by atoms with Crippen molar-refractivity contribution in [3.05, 3.63) is 24.8 Å². The first kappa shape index (κ1) is 20.3. The van der Waals surface area contributed by atoms with Crippen molar-refractivity contribution in [2.75, 3.05) is 6.61 Å². The van der Waals surface area contributed by atoms with Gasteiger partial charge in [-0.1, -0.05) is 26.5 Å².